The van der Waals surface area contributed by atoms with E-state index in [0.29, 0.717) is 0 Å². The van der Waals surface area contributed by atoms with Crippen LogP contribution < -0.4 is 5.32 Å². The lowest BCUT2D eigenvalue weighted by atomic mass is 9.95. The lowest BCUT2D eigenvalue weighted by Gasteiger charge is -2.23. The first kappa shape index (κ1) is 16.4. The first-order chi connectivity index (χ1) is 10.1. The fourth-order valence-electron chi connectivity index (χ4n) is 3.29. The van der Waals surface area contributed by atoms with Gasteiger partial charge >= 0.3 is 0 Å². The van der Waals surface area contributed by atoms with E-state index >= 15 is 0 Å². The second-order valence-electron chi connectivity index (χ2n) is 6.51. The highest BCUT2D eigenvalue weighted by molar-refractivity contribution is 5.21. The average Bonchev–Trinajstić information content (AvgIpc) is 2.93. The molecule has 1 heterocycles. The Morgan fingerprint density at radius 2 is 2.10 bits per heavy atom. The van der Waals surface area contributed by atoms with Gasteiger partial charge in [0.25, 0.3) is 0 Å². The highest BCUT2D eigenvalue weighted by atomic mass is 19.1. The number of halogens is 1. The summed E-state index contributed by atoms with van der Waals surface area (Å²) in [6.45, 7) is 11.0. The zero-order valence-electron chi connectivity index (χ0n) is 13.6. The van der Waals surface area contributed by atoms with Crippen LogP contribution in [0.25, 0.3) is 0 Å². The van der Waals surface area contributed by atoms with Crippen molar-refractivity contribution in [3.63, 3.8) is 0 Å². The van der Waals surface area contributed by atoms with Gasteiger partial charge in [0, 0.05) is 18.2 Å². The molecule has 0 radical (unpaired) electrons. The van der Waals surface area contributed by atoms with Crippen molar-refractivity contribution in [1.29, 1.82) is 0 Å². The average molecular weight is 292 g/mol. The Hall–Kier alpha value is -0.930. The highest BCUT2D eigenvalue weighted by Crippen LogP contribution is 2.26. The van der Waals surface area contributed by atoms with Crippen molar-refractivity contribution >= 4 is 0 Å². The monoisotopic (exact) mass is 292 g/mol. The third kappa shape index (κ3) is 4.52. The van der Waals surface area contributed by atoms with Gasteiger partial charge in [0.05, 0.1) is 0 Å². The van der Waals surface area contributed by atoms with Crippen LogP contribution in [0, 0.1) is 17.7 Å². The summed E-state index contributed by atoms with van der Waals surface area (Å²) in [6, 6.07) is 7.27. The summed E-state index contributed by atoms with van der Waals surface area (Å²) < 4.78 is 14.0. The van der Waals surface area contributed by atoms with Crippen LogP contribution in [-0.2, 0) is 0 Å². The number of benzene rings is 1. The maximum atomic E-state index is 14.0. The van der Waals surface area contributed by atoms with Crippen LogP contribution in [0.4, 0.5) is 4.39 Å². The van der Waals surface area contributed by atoms with E-state index in [1.165, 1.54) is 19.5 Å². The molecule has 3 heteroatoms. The third-order valence-corrected chi connectivity index (χ3v) is 4.72. The second-order valence-corrected chi connectivity index (χ2v) is 6.51. The number of nitrogens with zero attached hydrogens (tertiary/aromatic N) is 1. The number of likely N-dealkylation sites (tertiary alicyclic amines) is 1. The molecule has 1 aliphatic heterocycles. The van der Waals surface area contributed by atoms with E-state index in [1.807, 2.05) is 12.1 Å². The molecule has 2 atom stereocenters. The van der Waals surface area contributed by atoms with E-state index in [2.05, 4.69) is 31.0 Å². The van der Waals surface area contributed by atoms with Crippen molar-refractivity contribution in [2.45, 2.75) is 39.7 Å². The van der Waals surface area contributed by atoms with Crippen molar-refractivity contribution < 1.29 is 4.39 Å². The molecule has 21 heavy (non-hydrogen) atoms. The van der Waals surface area contributed by atoms with E-state index in [1.54, 1.807) is 12.1 Å². The van der Waals surface area contributed by atoms with Gasteiger partial charge in [-0.2, -0.15) is 0 Å². The SMILES string of the molecule is CCNC(CCN1CCC(C(C)C)C1)c1ccccc1F. The molecule has 1 aromatic rings. The summed E-state index contributed by atoms with van der Waals surface area (Å²) in [6.07, 6.45) is 2.28. The number of nitrogens with one attached hydrogen (secondary N) is 1. The maximum absolute atomic E-state index is 14.0. The number of hydrogen-bond donors (Lipinski definition) is 1. The van der Waals surface area contributed by atoms with Crippen molar-refractivity contribution in [2.75, 3.05) is 26.2 Å². The first-order valence-corrected chi connectivity index (χ1v) is 8.32. The Morgan fingerprint density at radius 1 is 1.33 bits per heavy atom. The van der Waals surface area contributed by atoms with E-state index in [9.17, 15) is 4.39 Å². The quantitative estimate of drug-likeness (QED) is 0.821. The van der Waals surface area contributed by atoms with Gasteiger partial charge in [0.1, 0.15) is 5.82 Å². The molecule has 1 aromatic carbocycles. The van der Waals surface area contributed by atoms with E-state index < -0.39 is 0 Å². The van der Waals surface area contributed by atoms with Crippen LogP contribution in [0.1, 0.15) is 45.2 Å². The summed E-state index contributed by atoms with van der Waals surface area (Å²) in [7, 11) is 0. The molecule has 2 nitrogen and oxygen atoms in total. The van der Waals surface area contributed by atoms with Crippen molar-refractivity contribution in [2.24, 2.45) is 11.8 Å². The molecule has 1 N–H and O–H groups in total. The summed E-state index contributed by atoms with van der Waals surface area (Å²) in [5.41, 5.74) is 0.805. The molecule has 0 aliphatic carbocycles. The summed E-state index contributed by atoms with van der Waals surface area (Å²) >= 11 is 0. The van der Waals surface area contributed by atoms with Gasteiger partial charge in [-0.3, -0.25) is 0 Å². The topological polar surface area (TPSA) is 15.3 Å². The summed E-state index contributed by atoms with van der Waals surface area (Å²) in [5.74, 6) is 1.51. The van der Waals surface area contributed by atoms with Crippen molar-refractivity contribution in [1.82, 2.24) is 10.2 Å². The molecule has 118 valence electrons. The maximum Gasteiger partial charge on any atom is 0.127 e. The van der Waals surface area contributed by atoms with Gasteiger partial charge in [-0.05, 0) is 50.4 Å². The minimum atomic E-state index is -0.0927. The van der Waals surface area contributed by atoms with Gasteiger partial charge in [-0.1, -0.05) is 39.0 Å². The van der Waals surface area contributed by atoms with E-state index in [0.717, 1.165) is 36.9 Å². The Kier molecular flexibility index (Phi) is 6.19. The molecule has 2 rings (SSSR count). The van der Waals surface area contributed by atoms with Gasteiger partial charge in [0.2, 0.25) is 0 Å². The molecule has 1 saturated heterocycles. The molecule has 0 saturated carbocycles. The predicted octanol–water partition coefficient (Wildman–Crippen LogP) is 3.84. The Labute approximate surface area is 128 Å². The Morgan fingerprint density at radius 3 is 2.71 bits per heavy atom. The van der Waals surface area contributed by atoms with Crippen LogP contribution in [-0.4, -0.2) is 31.1 Å². The molecular weight excluding hydrogens is 263 g/mol. The normalized spacial score (nSPS) is 21.1. The largest absolute Gasteiger partial charge is 0.310 e. The van der Waals surface area contributed by atoms with Crippen LogP contribution in [0.15, 0.2) is 24.3 Å². The minimum Gasteiger partial charge on any atom is -0.310 e. The lowest BCUT2D eigenvalue weighted by Crippen LogP contribution is -2.29. The van der Waals surface area contributed by atoms with Crippen LogP contribution in [0.3, 0.4) is 0 Å². The molecule has 1 fully saturated rings. The number of hydrogen-bond acceptors (Lipinski definition) is 2. The van der Waals surface area contributed by atoms with Crippen LogP contribution in [0.2, 0.25) is 0 Å². The predicted molar refractivity (Wildman–Crippen MR) is 86.8 cm³/mol. The van der Waals surface area contributed by atoms with E-state index in [-0.39, 0.29) is 11.9 Å². The van der Waals surface area contributed by atoms with Gasteiger partial charge in [-0.25, -0.2) is 4.39 Å². The van der Waals surface area contributed by atoms with Crippen molar-refractivity contribution in [3.8, 4) is 0 Å². The first-order valence-electron chi connectivity index (χ1n) is 8.32. The fourth-order valence-corrected chi connectivity index (χ4v) is 3.29. The Balaban J connectivity index is 1.91. The third-order valence-electron chi connectivity index (χ3n) is 4.72. The van der Waals surface area contributed by atoms with Gasteiger partial charge in [-0.15, -0.1) is 0 Å². The molecule has 0 bridgehead atoms. The summed E-state index contributed by atoms with van der Waals surface area (Å²) in [5, 5.41) is 3.43. The van der Waals surface area contributed by atoms with Gasteiger partial charge < -0.3 is 10.2 Å². The van der Waals surface area contributed by atoms with Gasteiger partial charge in [0.15, 0.2) is 0 Å². The molecule has 2 unspecified atom stereocenters. The fraction of sp³-hybridized carbons (Fsp3) is 0.667. The lowest BCUT2D eigenvalue weighted by molar-refractivity contribution is 0.284. The molecular formula is C18H29FN2. The van der Waals surface area contributed by atoms with E-state index in [4.69, 9.17) is 0 Å². The smallest absolute Gasteiger partial charge is 0.127 e. The van der Waals surface area contributed by atoms with Crippen LogP contribution in [0.5, 0.6) is 0 Å². The standard InChI is InChI=1S/C18H29FN2/c1-4-20-18(16-7-5-6-8-17(16)19)10-12-21-11-9-15(13-21)14(2)3/h5-8,14-15,18,20H,4,9-13H2,1-3H3. The second kappa shape index (κ2) is 7.90. The van der Waals surface area contributed by atoms with Crippen LogP contribution >= 0.6 is 0 Å². The molecule has 0 spiro atoms. The zero-order chi connectivity index (χ0) is 15.2. The molecule has 0 aromatic heterocycles. The molecule has 1 aliphatic rings. The molecule has 0 amide bonds. The summed E-state index contributed by atoms with van der Waals surface area (Å²) in [4.78, 5) is 2.54. The Bertz CT molecular complexity index is 433. The van der Waals surface area contributed by atoms with Crippen molar-refractivity contribution in [3.05, 3.63) is 35.6 Å². The number of rotatable bonds is 7. The zero-order valence-corrected chi connectivity index (χ0v) is 13.6. The minimum absolute atomic E-state index is 0.0927. The highest BCUT2D eigenvalue weighted by Gasteiger charge is 2.25.